The number of halogens is 1. The number of amides is 1. The Hall–Kier alpha value is -1.73. The van der Waals surface area contributed by atoms with Crippen LogP contribution in [0.2, 0.25) is 5.02 Å². The monoisotopic (exact) mass is 266 g/mol. The standard InChI is InChI=1S/C13H15ClN2O2/c1-13(2,3)18-12(17)16(8-7-15)11-6-4-5-10(14)9-11/h4-6,9H,8H2,1-3H3. The number of hydrogen-bond donors (Lipinski definition) is 0. The summed E-state index contributed by atoms with van der Waals surface area (Å²) in [4.78, 5) is 13.2. The number of carbonyl (C=O) groups is 1. The predicted octanol–water partition coefficient (Wildman–Crippen LogP) is 3.61. The van der Waals surface area contributed by atoms with Crippen molar-refractivity contribution in [2.45, 2.75) is 26.4 Å². The molecule has 5 heteroatoms. The van der Waals surface area contributed by atoms with E-state index < -0.39 is 11.7 Å². The van der Waals surface area contributed by atoms with Crippen LogP contribution in [0.25, 0.3) is 0 Å². The first-order valence-corrected chi connectivity index (χ1v) is 5.84. The Morgan fingerprint density at radius 2 is 2.17 bits per heavy atom. The molecule has 1 aromatic rings. The van der Waals surface area contributed by atoms with Crippen LogP contribution < -0.4 is 4.90 Å². The normalized spacial score (nSPS) is 10.6. The Kier molecular flexibility index (Phi) is 4.57. The second kappa shape index (κ2) is 5.74. The Labute approximate surface area is 112 Å². The fourth-order valence-corrected chi connectivity index (χ4v) is 1.48. The first kappa shape index (κ1) is 14.3. The molecule has 0 aromatic heterocycles. The summed E-state index contributed by atoms with van der Waals surface area (Å²) in [6.45, 7) is 5.23. The molecule has 0 fully saturated rings. The highest BCUT2D eigenvalue weighted by Crippen LogP contribution is 2.21. The Bertz CT molecular complexity index is 475. The maximum Gasteiger partial charge on any atom is 0.415 e. The lowest BCUT2D eigenvalue weighted by atomic mass is 10.2. The van der Waals surface area contributed by atoms with Gasteiger partial charge in [-0.3, -0.25) is 4.90 Å². The van der Waals surface area contributed by atoms with Crippen LogP contribution in [0.4, 0.5) is 10.5 Å². The number of anilines is 1. The van der Waals surface area contributed by atoms with Crippen molar-refractivity contribution >= 4 is 23.4 Å². The molecule has 1 rings (SSSR count). The van der Waals surface area contributed by atoms with Crippen LogP contribution in [0.5, 0.6) is 0 Å². The van der Waals surface area contributed by atoms with Gasteiger partial charge in [-0.05, 0) is 39.0 Å². The van der Waals surface area contributed by atoms with E-state index in [4.69, 9.17) is 21.6 Å². The van der Waals surface area contributed by atoms with Crippen LogP contribution in [0.3, 0.4) is 0 Å². The fourth-order valence-electron chi connectivity index (χ4n) is 1.29. The van der Waals surface area contributed by atoms with Gasteiger partial charge >= 0.3 is 6.09 Å². The first-order chi connectivity index (χ1) is 8.33. The van der Waals surface area contributed by atoms with E-state index in [0.29, 0.717) is 10.7 Å². The largest absolute Gasteiger partial charge is 0.443 e. The molecule has 0 aliphatic carbocycles. The average Bonchev–Trinajstić information content (AvgIpc) is 2.23. The molecule has 0 radical (unpaired) electrons. The summed E-state index contributed by atoms with van der Waals surface area (Å²) >= 11 is 5.87. The van der Waals surface area contributed by atoms with Crippen molar-refractivity contribution in [2.75, 3.05) is 11.4 Å². The average molecular weight is 267 g/mol. The van der Waals surface area contributed by atoms with Gasteiger partial charge in [0.2, 0.25) is 0 Å². The van der Waals surface area contributed by atoms with E-state index in [1.54, 1.807) is 45.0 Å². The topological polar surface area (TPSA) is 53.3 Å². The lowest BCUT2D eigenvalue weighted by Gasteiger charge is -2.25. The molecule has 0 unspecified atom stereocenters. The fraction of sp³-hybridized carbons (Fsp3) is 0.385. The quantitative estimate of drug-likeness (QED) is 0.769. The van der Waals surface area contributed by atoms with Crippen LogP contribution in [0.1, 0.15) is 20.8 Å². The molecule has 4 nitrogen and oxygen atoms in total. The van der Waals surface area contributed by atoms with Crippen LogP contribution in [-0.4, -0.2) is 18.2 Å². The smallest absolute Gasteiger partial charge is 0.415 e. The van der Waals surface area contributed by atoms with Crippen LogP contribution in [0.15, 0.2) is 24.3 Å². The maximum absolute atomic E-state index is 12.0. The zero-order valence-corrected chi connectivity index (χ0v) is 11.4. The second-order valence-electron chi connectivity index (χ2n) is 4.70. The van der Waals surface area contributed by atoms with Gasteiger partial charge in [0.25, 0.3) is 0 Å². The molecule has 0 bridgehead atoms. The zero-order chi connectivity index (χ0) is 13.8. The molecule has 0 heterocycles. The predicted molar refractivity (Wildman–Crippen MR) is 70.6 cm³/mol. The van der Waals surface area contributed by atoms with Crippen molar-refractivity contribution in [1.29, 1.82) is 5.26 Å². The molecule has 0 spiro atoms. The molecule has 1 aromatic carbocycles. The maximum atomic E-state index is 12.0. The van der Waals surface area contributed by atoms with E-state index in [-0.39, 0.29) is 6.54 Å². The van der Waals surface area contributed by atoms with E-state index in [1.807, 2.05) is 6.07 Å². The third-order valence-corrected chi connectivity index (χ3v) is 2.20. The van der Waals surface area contributed by atoms with Crippen molar-refractivity contribution in [2.24, 2.45) is 0 Å². The van der Waals surface area contributed by atoms with Crippen LogP contribution in [-0.2, 0) is 4.74 Å². The summed E-state index contributed by atoms with van der Waals surface area (Å²) in [6.07, 6.45) is -0.564. The van der Waals surface area contributed by atoms with Gasteiger partial charge in [-0.2, -0.15) is 5.26 Å². The molecule has 0 saturated carbocycles. The van der Waals surface area contributed by atoms with Crippen molar-refractivity contribution < 1.29 is 9.53 Å². The number of hydrogen-bond acceptors (Lipinski definition) is 3. The summed E-state index contributed by atoms with van der Waals surface area (Å²) in [5.74, 6) is 0. The third-order valence-electron chi connectivity index (χ3n) is 1.96. The van der Waals surface area contributed by atoms with E-state index in [2.05, 4.69) is 0 Å². The number of carbonyl (C=O) groups excluding carboxylic acids is 1. The Morgan fingerprint density at radius 3 is 2.67 bits per heavy atom. The summed E-state index contributed by atoms with van der Waals surface area (Å²) in [5, 5.41) is 9.28. The molecule has 96 valence electrons. The van der Waals surface area contributed by atoms with Crippen molar-refractivity contribution in [3.8, 4) is 6.07 Å². The number of nitriles is 1. The Balaban J connectivity index is 2.96. The minimum atomic E-state index is -0.608. The van der Waals surface area contributed by atoms with E-state index in [9.17, 15) is 4.79 Å². The minimum absolute atomic E-state index is 0.0880. The van der Waals surface area contributed by atoms with Gasteiger partial charge in [0.15, 0.2) is 0 Å². The second-order valence-corrected chi connectivity index (χ2v) is 5.14. The zero-order valence-electron chi connectivity index (χ0n) is 10.6. The summed E-state index contributed by atoms with van der Waals surface area (Å²) in [6, 6.07) is 8.66. The van der Waals surface area contributed by atoms with E-state index >= 15 is 0 Å². The first-order valence-electron chi connectivity index (χ1n) is 5.46. The van der Waals surface area contributed by atoms with Gasteiger partial charge in [0.1, 0.15) is 12.1 Å². The van der Waals surface area contributed by atoms with E-state index in [0.717, 1.165) is 0 Å². The number of rotatable bonds is 2. The lowest BCUT2D eigenvalue weighted by Crippen LogP contribution is -2.37. The summed E-state index contributed by atoms with van der Waals surface area (Å²) in [7, 11) is 0. The van der Waals surface area contributed by atoms with Gasteiger partial charge in [0, 0.05) is 10.7 Å². The lowest BCUT2D eigenvalue weighted by molar-refractivity contribution is 0.0585. The highest BCUT2D eigenvalue weighted by Gasteiger charge is 2.23. The summed E-state index contributed by atoms with van der Waals surface area (Å²) in [5.41, 5.74) is -0.0677. The van der Waals surface area contributed by atoms with Gasteiger partial charge in [-0.15, -0.1) is 0 Å². The van der Waals surface area contributed by atoms with Crippen molar-refractivity contribution in [3.05, 3.63) is 29.3 Å². The number of ether oxygens (including phenoxy) is 1. The van der Waals surface area contributed by atoms with Gasteiger partial charge in [-0.25, -0.2) is 4.79 Å². The highest BCUT2D eigenvalue weighted by atomic mass is 35.5. The number of nitrogens with zero attached hydrogens (tertiary/aromatic N) is 2. The van der Waals surface area contributed by atoms with Crippen molar-refractivity contribution in [3.63, 3.8) is 0 Å². The van der Waals surface area contributed by atoms with Crippen LogP contribution in [0, 0.1) is 11.3 Å². The van der Waals surface area contributed by atoms with Crippen LogP contribution >= 0.6 is 11.6 Å². The summed E-state index contributed by atoms with van der Waals surface area (Å²) < 4.78 is 5.24. The molecule has 0 atom stereocenters. The Morgan fingerprint density at radius 1 is 1.50 bits per heavy atom. The van der Waals surface area contributed by atoms with Gasteiger partial charge < -0.3 is 4.74 Å². The molecule has 0 aliphatic rings. The molecular weight excluding hydrogens is 252 g/mol. The minimum Gasteiger partial charge on any atom is -0.443 e. The third kappa shape index (κ3) is 4.27. The molecular formula is C13H15ClN2O2. The van der Waals surface area contributed by atoms with Crippen molar-refractivity contribution in [1.82, 2.24) is 0 Å². The molecule has 0 aliphatic heterocycles. The molecule has 0 saturated heterocycles. The SMILES string of the molecule is CC(C)(C)OC(=O)N(CC#N)c1cccc(Cl)c1. The molecule has 18 heavy (non-hydrogen) atoms. The highest BCUT2D eigenvalue weighted by molar-refractivity contribution is 6.30. The number of benzene rings is 1. The molecule has 1 amide bonds. The molecule has 0 N–H and O–H groups in total. The van der Waals surface area contributed by atoms with Gasteiger partial charge in [-0.1, -0.05) is 17.7 Å². The van der Waals surface area contributed by atoms with Gasteiger partial charge in [0.05, 0.1) is 6.07 Å². The van der Waals surface area contributed by atoms with E-state index in [1.165, 1.54) is 4.90 Å².